The number of hydrogen-bond donors (Lipinski definition) is 1. The molecule has 3 heteroatoms. The van der Waals surface area contributed by atoms with E-state index in [0.29, 0.717) is 6.04 Å². The fourth-order valence-corrected chi connectivity index (χ4v) is 1.22. The third kappa shape index (κ3) is 3.94. The van der Waals surface area contributed by atoms with Gasteiger partial charge >= 0.3 is 0 Å². The van der Waals surface area contributed by atoms with Crippen molar-refractivity contribution in [1.82, 2.24) is 5.32 Å². The molecule has 0 aliphatic heterocycles. The molecule has 1 aromatic rings. The normalized spacial score (nSPS) is 13.4. The fraction of sp³-hybridized carbons (Fsp3) is 0.636. The maximum atomic E-state index is 5.54. The van der Waals surface area contributed by atoms with Crippen LogP contribution in [-0.2, 0) is 11.2 Å². The summed E-state index contributed by atoms with van der Waals surface area (Å²) in [4.78, 5) is 0. The molecule has 1 unspecified atom stereocenters. The van der Waals surface area contributed by atoms with Crippen LogP contribution in [0.5, 0.6) is 0 Å². The van der Waals surface area contributed by atoms with Crippen LogP contribution in [0.1, 0.15) is 19.6 Å². The predicted octanol–water partition coefficient (Wildman–Crippen LogP) is 1.84. The lowest BCUT2D eigenvalue weighted by atomic mass is 10.2. The number of hydrogen-bond acceptors (Lipinski definition) is 3. The van der Waals surface area contributed by atoms with E-state index >= 15 is 0 Å². The van der Waals surface area contributed by atoms with Gasteiger partial charge in [0.2, 0.25) is 0 Å². The molecule has 1 rings (SSSR count). The molecule has 1 N–H and O–H groups in total. The minimum absolute atomic E-state index is 0.280. The zero-order valence-electron chi connectivity index (χ0n) is 9.12. The van der Waals surface area contributed by atoms with Crippen LogP contribution in [-0.4, -0.2) is 25.8 Å². The van der Waals surface area contributed by atoms with E-state index in [-0.39, 0.29) is 6.10 Å². The van der Waals surface area contributed by atoms with Crippen LogP contribution in [0.4, 0.5) is 0 Å². The number of ether oxygens (including phenoxy) is 1. The molecule has 0 aromatic carbocycles. The topological polar surface area (TPSA) is 34.4 Å². The van der Waals surface area contributed by atoms with Gasteiger partial charge in [-0.2, -0.15) is 0 Å². The van der Waals surface area contributed by atoms with E-state index < -0.39 is 0 Å². The van der Waals surface area contributed by atoms with Crippen molar-refractivity contribution >= 4 is 0 Å². The fourth-order valence-electron chi connectivity index (χ4n) is 1.22. The predicted molar refractivity (Wildman–Crippen MR) is 56.3 cm³/mol. The first-order valence-electron chi connectivity index (χ1n) is 5.03. The SMILES string of the molecule is CNC(COC(C)C)Cc1ccco1. The monoisotopic (exact) mass is 197 g/mol. The van der Waals surface area contributed by atoms with Crippen molar-refractivity contribution in [3.8, 4) is 0 Å². The summed E-state index contributed by atoms with van der Waals surface area (Å²) in [5, 5.41) is 3.21. The van der Waals surface area contributed by atoms with Crippen LogP contribution in [0.3, 0.4) is 0 Å². The van der Waals surface area contributed by atoms with E-state index in [2.05, 4.69) is 5.32 Å². The first kappa shape index (κ1) is 11.3. The van der Waals surface area contributed by atoms with Gasteiger partial charge in [-0.25, -0.2) is 0 Å². The summed E-state index contributed by atoms with van der Waals surface area (Å²) in [6.45, 7) is 4.80. The lowest BCUT2D eigenvalue weighted by Gasteiger charge is -2.16. The van der Waals surface area contributed by atoms with E-state index in [9.17, 15) is 0 Å². The Morgan fingerprint density at radius 2 is 2.29 bits per heavy atom. The minimum atomic E-state index is 0.280. The summed E-state index contributed by atoms with van der Waals surface area (Å²) in [6.07, 6.45) is 2.85. The van der Waals surface area contributed by atoms with Crippen molar-refractivity contribution in [2.45, 2.75) is 32.4 Å². The van der Waals surface area contributed by atoms with Gasteiger partial charge in [-0.1, -0.05) is 0 Å². The number of likely N-dealkylation sites (N-methyl/N-ethyl adjacent to an activating group) is 1. The number of rotatable bonds is 6. The van der Waals surface area contributed by atoms with Gasteiger partial charge in [-0.3, -0.25) is 0 Å². The lowest BCUT2D eigenvalue weighted by Crippen LogP contribution is -2.33. The maximum Gasteiger partial charge on any atom is 0.105 e. The van der Waals surface area contributed by atoms with Crippen molar-refractivity contribution < 1.29 is 9.15 Å². The summed E-state index contributed by atoms with van der Waals surface area (Å²) in [5.74, 6) is 0.997. The molecule has 0 aliphatic carbocycles. The molecule has 0 aliphatic rings. The van der Waals surface area contributed by atoms with E-state index in [0.717, 1.165) is 18.8 Å². The molecule has 14 heavy (non-hydrogen) atoms. The first-order chi connectivity index (χ1) is 6.72. The van der Waals surface area contributed by atoms with Crippen LogP contribution >= 0.6 is 0 Å². The van der Waals surface area contributed by atoms with Crippen LogP contribution in [0.2, 0.25) is 0 Å². The third-order valence-electron chi connectivity index (χ3n) is 2.07. The molecule has 0 fully saturated rings. The van der Waals surface area contributed by atoms with Gasteiger partial charge in [0, 0.05) is 12.5 Å². The average molecular weight is 197 g/mol. The van der Waals surface area contributed by atoms with Gasteiger partial charge in [0.1, 0.15) is 5.76 Å². The molecule has 3 nitrogen and oxygen atoms in total. The van der Waals surface area contributed by atoms with Crippen LogP contribution < -0.4 is 5.32 Å². The Kier molecular flexibility index (Phi) is 4.70. The summed E-state index contributed by atoms with van der Waals surface area (Å²) in [6, 6.07) is 4.22. The van der Waals surface area contributed by atoms with Gasteiger partial charge in [0.25, 0.3) is 0 Å². The van der Waals surface area contributed by atoms with Crippen LogP contribution in [0, 0.1) is 0 Å². The molecule has 1 atom stereocenters. The van der Waals surface area contributed by atoms with Crippen molar-refractivity contribution in [3.63, 3.8) is 0 Å². The highest BCUT2D eigenvalue weighted by Crippen LogP contribution is 2.05. The highest BCUT2D eigenvalue weighted by atomic mass is 16.5. The summed E-state index contributed by atoms with van der Waals surface area (Å²) < 4.78 is 10.8. The minimum Gasteiger partial charge on any atom is -0.469 e. The molecule has 1 aromatic heterocycles. The highest BCUT2D eigenvalue weighted by molar-refractivity contribution is 5.00. The molecular formula is C11H19NO2. The number of nitrogens with one attached hydrogen (secondary N) is 1. The average Bonchev–Trinajstić information content (AvgIpc) is 2.64. The molecule has 0 amide bonds. The Morgan fingerprint density at radius 3 is 2.79 bits per heavy atom. The van der Waals surface area contributed by atoms with Gasteiger partial charge in [-0.05, 0) is 33.0 Å². The third-order valence-corrected chi connectivity index (χ3v) is 2.07. The van der Waals surface area contributed by atoms with Crippen LogP contribution in [0.25, 0.3) is 0 Å². The Labute approximate surface area is 85.4 Å². The largest absolute Gasteiger partial charge is 0.469 e. The van der Waals surface area contributed by atoms with E-state index in [1.807, 2.05) is 33.0 Å². The van der Waals surface area contributed by atoms with E-state index in [1.165, 1.54) is 0 Å². The maximum absolute atomic E-state index is 5.54. The molecule has 0 saturated heterocycles. The second-order valence-electron chi connectivity index (χ2n) is 3.65. The zero-order valence-corrected chi connectivity index (χ0v) is 9.12. The highest BCUT2D eigenvalue weighted by Gasteiger charge is 2.09. The standard InChI is InChI=1S/C11H19NO2/c1-9(2)14-8-10(12-3)7-11-5-4-6-13-11/h4-6,9-10,12H,7-8H2,1-3H3. The second kappa shape index (κ2) is 5.83. The van der Waals surface area contributed by atoms with Crippen molar-refractivity contribution in [2.24, 2.45) is 0 Å². The van der Waals surface area contributed by atoms with Crippen LogP contribution in [0.15, 0.2) is 22.8 Å². The molecule has 1 heterocycles. The Morgan fingerprint density at radius 1 is 1.50 bits per heavy atom. The summed E-state index contributed by atoms with van der Waals surface area (Å²) in [5.41, 5.74) is 0. The molecule has 0 saturated carbocycles. The van der Waals surface area contributed by atoms with Gasteiger partial charge in [-0.15, -0.1) is 0 Å². The lowest BCUT2D eigenvalue weighted by molar-refractivity contribution is 0.0618. The summed E-state index contributed by atoms with van der Waals surface area (Å²) in [7, 11) is 1.94. The Hall–Kier alpha value is -0.800. The molecule has 0 spiro atoms. The zero-order chi connectivity index (χ0) is 10.4. The molecule has 0 radical (unpaired) electrons. The number of furan rings is 1. The van der Waals surface area contributed by atoms with Crippen molar-refractivity contribution in [1.29, 1.82) is 0 Å². The van der Waals surface area contributed by atoms with Crippen molar-refractivity contribution in [2.75, 3.05) is 13.7 Å². The molecular weight excluding hydrogens is 178 g/mol. The summed E-state index contributed by atoms with van der Waals surface area (Å²) >= 11 is 0. The first-order valence-corrected chi connectivity index (χ1v) is 5.03. The van der Waals surface area contributed by atoms with Crippen molar-refractivity contribution in [3.05, 3.63) is 24.2 Å². The second-order valence-corrected chi connectivity index (χ2v) is 3.65. The smallest absolute Gasteiger partial charge is 0.105 e. The van der Waals surface area contributed by atoms with Gasteiger partial charge in [0.05, 0.1) is 19.0 Å². The van der Waals surface area contributed by atoms with Gasteiger partial charge < -0.3 is 14.5 Å². The van der Waals surface area contributed by atoms with E-state index in [1.54, 1.807) is 6.26 Å². The Balaban J connectivity index is 2.32. The Bertz CT molecular complexity index is 231. The molecule has 0 bridgehead atoms. The quantitative estimate of drug-likeness (QED) is 0.755. The van der Waals surface area contributed by atoms with E-state index in [4.69, 9.17) is 9.15 Å². The molecule has 80 valence electrons. The van der Waals surface area contributed by atoms with Gasteiger partial charge in [0.15, 0.2) is 0 Å².